The molecule has 2 nitrogen and oxygen atoms in total. The summed E-state index contributed by atoms with van der Waals surface area (Å²) in [7, 11) is 0. The lowest BCUT2D eigenvalue weighted by Crippen LogP contribution is -2.08. The van der Waals surface area contributed by atoms with Gasteiger partial charge in [-0.2, -0.15) is 0 Å². The molecule has 1 N–H and O–H groups in total. The van der Waals surface area contributed by atoms with Crippen molar-refractivity contribution in [2.75, 3.05) is 0 Å². The van der Waals surface area contributed by atoms with Crippen LogP contribution >= 0.6 is 17.0 Å². The Balaban J connectivity index is 0. The van der Waals surface area contributed by atoms with Crippen LogP contribution in [0.2, 0.25) is 0 Å². The zero-order chi connectivity index (χ0) is 5.15. The summed E-state index contributed by atoms with van der Waals surface area (Å²) in [5.74, 6) is -1.41. The molecule has 0 aliphatic rings. The molecule has 44 valence electrons. The van der Waals surface area contributed by atoms with Crippen molar-refractivity contribution in [1.29, 1.82) is 0 Å². The molecule has 0 aliphatic heterocycles. The highest BCUT2D eigenvalue weighted by atomic mass is 79.9. The molecule has 1 unspecified atom stereocenters. The van der Waals surface area contributed by atoms with E-state index in [-0.39, 0.29) is 17.0 Å². The van der Waals surface area contributed by atoms with Gasteiger partial charge in [-0.3, -0.25) is 0 Å². The van der Waals surface area contributed by atoms with E-state index in [9.17, 15) is 9.18 Å². The topological polar surface area (TPSA) is 37.3 Å². The van der Waals surface area contributed by atoms with Gasteiger partial charge in [-0.25, -0.2) is 9.18 Å². The van der Waals surface area contributed by atoms with Gasteiger partial charge in [0.2, 0.25) is 0 Å². The minimum Gasteiger partial charge on any atom is -0.479 e. The average molecular weight is 173 g/mol. The number of halogens is 2. The number of rotatable bonds is 1. The van der Waals surface area contributed by atoms with Gasteiger partial charge >= 0.3 is 5.97 Å². The second-order valence-corrected chi connectivity index (χ2v) is 0.954. The van der Waals surface area contributed by atoms with Crippen molar-refractivity contribution in [2.24, 2.45) is 0 Å². The summed E-state index contributed by atoms with van der Waals surface area (Å²) in [4.78, 5) is 9.32. The number of alkyl halides is 1. The zero-order valence-corrected chi connectivity index (χ0v) is 5.43. The van der Waals surface area contributed by atoms with Gasteiger partial charge in [0.15, 0.2) is 6.17 Å². The number of aliphatic carboxylic acids is 1. The van der Waals surface area contributed by atoms with Crippen molar-refractivity contribution in [3.05, 3.63) is 0 Å². The van der Waals surface area contributed by atoms with Crippen LogP contribution in [-0.4, -0.2) is 17.2 Å². The lowest BCUT2D eigenvalue weighted by molar-refractivity contribution is -0.142. The minimum absolute atomic E-state index is 0. The standard InChI is InChI=1S/C3H5FO2.BrH/c1-2(4)3(5)6;/h2H,1H3,(H,5,6);1H. The second-order valence-electron chi connectivity index (χ2n) is 0.954. The number of carboxylic acids is 1. The maximum Gasteiger partial charge on any atom is 0.337 e. The zero-order valence-electron chi connectivity index (χ0n) is 3.72. The fourth-order valence-electron chi connectivity index (χ4n) is 0. The van der Waals surface area contributed by atoms with Gasteiger partial charge in [-0.15, -0.1) is 17.0 Å². The van der Waals surface area contributed by atoms with Crippen LogP contribution in [0.5, 0.6) is 0 Å². The molecule has 0 saturated carbocycles. The smallest absolute Gasteiger partial charge is 0.337 e. The fourth-order valence-corrected chi connectivity index (χ4v) is 0. The molecule has 0 aromatic rings. The molecule has 0 spiro atoms. The van der Waals surface area contributed by atoms with E-state index in [1.807, 2.05) is 0 Å². The molecule has 0 aromatic heterocycles. The molecule has 0 aliphatic carbocycles. The van der Waals surface area contributed by atoms with Crippen LogP contribution in [0.15, 0.2) is 0 Å². The van der Waals surface area contributed by atoms with Gasteiger partial charge in [0.1, 0.15) is 0 Å². The number of carbonyl (C=O) groups is 1. The van der Waals surface area contributed by atoms with E-state index in [4.69, 9.17) is 5.11 Å². The Hall–Kier alpha value is -0.120. The van der Waals surface area contributed by atoms with Crippen LogP contribution in [0, 0.1) is 0 Å². The first-order valence-electron chi connectivity index (χ1n) is 1.51. The summed E-state index contributed by atoms with van der Waals surface area (Å²) < 4.78 is 11.2. The molecule has 0 saturated heterocycles. The largest absolute Gasteiger partial charge is 0.479 e. The van der Waals surface area contributed by atoms with E-state index < -0.39 is 12.1 Å². The Labute approximate surface area is 51.1 Å². The lowest BCUT2D eigenvalue weighted by atomic mass is 10.5. The normalized spacial score (nSPS) is 11.7. The highest BCUT2D eigenvalue weighted by molar-refractivity contribution is 8.93. The van der Waals surface area contributed by atoms with E-state index in [1.165, 1.54) is 0 Å². The molecule has 0 rings (SSSR count). The molecule has 0 bridgehead atoms. The Bertz CT molecular complexity index is 64.0. The molecule has 0 amide bonds. The monoisotopic (exact) mass is 172 g/mol. The van der Waals surface area contributed by atoms with Gasteiger partial charge in [0, 0.05) is 0 Å². The predicted octanol–water partition coefficient (Wildman–Crippen LogP) is 1.01. The van der Waals surface area contributed by atoms with Gasteiger partial charge in [-0.05, 0) is 6.92 Å². The quantitative estimate of drug-likeness (QED) is 0.642. The van der Waals surface area contributed by atoms with Crippen molar-refractivity contribution in [3.8, 4) is 0 Å². The summed E-state index contributed by atoms with van der Waals surface area (Å²) >= 11 is 0. The van der Waals surface area contributed by atoms with E-state index in [0.717, 1.165) is 6.92 Å². The van der Waals surface area contributed by atoms with Gasteiger partial charge in [0.05, 0.1) is 0 Å². The Morgan fingerprint density at radius 2 is 2.00 bits per heavy atom. The van der Waals surface area contributed by atoms with Crippen LogP contribution in [0.3, 0.4) is 0 Å². The van der Waals surface area contributed by atoms with Gasteiger partial charge < -0.3 is 5.11 Å². The first kappa shape index (κ1) is 9.99. The molecular formula is C3H6BrFO2. The van der Waals surface area contributed by atoms with Crippen molar-refractivity contribution in [3.63, 3.8) is 0 Å². The Kier molecular flexibility index (Phi) is 5.78. The Morgan fingerprint density at radius 1 is 1.86 bits per heavy atom. The molecule has 0 heterocycles. The molecular weight excluding hydrogens is 167 g/mol. The van der Waals surface area contributed by atoms with E-state index in [0.29, 0.717) is 0 Å². The molecule has 4 heteroatoms. The molecule has 7 heavy (non-hydrogen) atoms. The third kappa shape index (κ3) is 5.88. The lowest BCUT2D eigenvalue weighted by Gasteiger charge is -1.85. The van der Waals surface area contributed by atoms with Crippen molar-refractivity contribution >= 4 is 23.0 Å². The third-order valence-corrected chi connectivity index (χ3v) is 0.340. The van der Waals surface area contributed by atoms with E-state index >= 15 is 0 Å². The number of carboxylic acid groups (broad SMARTS) is 1. The maximum atomic E-state index is 11.2. The van der Waals surface area contributed by atoms with Crippen molar-refractivity contribution < 1.29 is 14.3 Å². The average Bonchev–Trinajstić information content (AvgIpc) is 1.36. The first-order chi connectivity index (χ1) is 2.64. The van der Waals surface area contributed by atoms with Crippen LogP contribution < -0.4 is 0 Å². The number of hydrogen-bond acceptors (Lipinski definition) is 1. The summed E-state index contributed by atoms with van der Waals surface area (Å²) in [6.07, 6.45) is -1.73. The fraction of sp³-hybridized carbons (Fsp3) is 0.667. The summed E-state index contributed by atoms with van der Waals surface area (Å²) in [6, 6.07) is 0. The van der Waals surface area contributed by atoms with Crippen LogP contribution in [0.1, 0.15) is 6.92 Å². The van der Waals surface area contributed by atoms with Crippen molar-refractivity contribution in [1.82, 2.24) is 0 Å². The molecule has 1 atom stereocenters. The van der Waals surface area contributed by atoms with E-state index in [1.54, 1.807) is 0 Å². The highest BCUT2D eigenvalue weighted by Crippen LogP contribution is 1.83. The summed E-state index contributed by atoms with van der Waals surface area (Å²) in [5, 5.41) is 7.62. The van der Waals surface area contributed by atoms with Crippen LogP contribution in [-0.2, 0) is 4.79 Å². The SMILES string of the molecule is Br.CC(F)C(=O)O. The summed E-state index contributed by atoms with van der Waals surface area (Å²) in [5.41, 5.74) is 0. The van der Waals surface area contributed by atoms with Crippen LogP contribution in [0.4, 0.5) is 4.39 Å². The van der Waals surface area contributed by atoms with Crippen LogP contribution in [0.25, 0.3) is 0 Å². The van der Waals surface area contributed by atoms with Gasteiger partial charge in [0.25, 0.3) is 0 Å². The summed E-state index contributed by atoms with van der Waals surface area (Å²) in [6.45, 7) is 0.975. The highest BCUT2D eigenvalue weighted by Gasteiger charge is 2.04. The van der Waals surface area contributed by atoms with E-state index in [2.05, 4.69) is 0 Å². The van der Waals surface area contributed by atoms with Gasteiger partial charge in [-0.1, -0.05) is 0 Å². The molecule has 0 fully saturated rings. The minimum atomic E-state index is -1.73. The second kappa shape index (κ2) is 4.05. The third-order valence-electron chi connectivity index (χ3n) is 0.340. The molecule has 0 radical (unpaired) electrons. The Morgan fingerprint density at radius 3 is 2.00 bits per heavy atom. The number of hydrogen-bond donors (Lipinski definition) is 1. The first-order valence-corrected chi connectivity index (χ1v) is 1.51. The molecule has 0 aromatic carbocycles. The van der Waals surface area contributed by atoms with Crippen molar-refractivity contribution in [2.45, 2.75) is 13.1 Å². The maximum absolute atomic E-state index is 11.2. The predicted molar refractivity (Wildman–Crippen MR) is 28.5 cm³/mol.